The summed E-state index contributed by atoms with van der Waals surface area (Å²) in [7, 11) is -0.873. The topological polar surface area (TPSA) is 52.6 Å². The molecule has 98 valence electrons. The predicted molar refractivity (Wildman–Crippen MR) is 69.0 cm³/mol. The molecule has 0 N–H and O–H groups in total. The third kappa shape index (κ3) is 4.20. The van der Waals surface area contributed by atoms with Crippen molar-refractivity contribution in [1.29, 1.82) is 0 Å². The Hall–Kier alpha value is -0.743. The standard InChI is InChI=1S/C12H22O4Si/c1-6-17(7-2,11(4)14)16-10(3)12(8-13)9-15-5/h10H,6-7,9H2,1-5H3. The van der Waals surface area contributed by atoms with Crippen LogP contribution in [0.25, 0.3) is 0 Å². The summed E-state index contributed by atoms with van der Waals surface area (Å²) in [6.07, 6.45) is -0.400. The lowest BCUT2D eigenvalue weighted by Gasteiger charge is -2.30. The number of carbonyl (C=O) groups excluding carboxylic acids is 2. The van der Waals surface area contributed by atoms with E-state index in [1.165, 1.54) is 7.11 Å². The number of carbonyl (C=O) groups is 1. The van der Waals surface area contributed by atoms with Crippen molar-refractivity contribution in [3.8, 4) is 0 Å². The maximum atomic E-state index is 11.7. The Kier molecular flexibility index (Phi) is 7.23. The van der Waals surface area contributed by atoms with Gasteiger partial charge in [-0.3, -0.25) is 0 Å². The second-order valence-electron chi connectivity index (χ2n) is 4.08. The zero-order chi connectivity index (χ0) is 13.5. The summed E-state index contributed by atoms with van der Waals surface area (Å²) < 4.78 is 10.8. The van der Waals surface area contributed by atoms with E-state index in [1.54, 1.807) is 13.8 Å². The van der Waals surface area contributed by atoms with Crippen LogP contribution in [-0.2, 0) is 18.8 Å². The van der Waals surface area contributed by atoms with Crippen LogP contribution < -0.4 is 0 Å². The highest BCUT2D eigenvalue weighted by Crippen LogP contribution is 2.22. The molecule has 0 bridgehead atoms. The third-order valence-corrected chi connectivity index (χ3v) is 7.48. The molecule has 0 saturated heterocycles. The Morgan fingerprint density at radius 2 is 1.88 bits per heavy atom. The lowest BCUT2D eigenvalue weighted by Crippen LogP contribution is -2.47. The van der Waals surface area contributed by atoms with Crippen molar-refractivity contribution < 1.29 is 18.8 Å². The molecule has 0 aliphatic heterocycles. The zero-order valence-corrected chi connectivity index (χ0v) is 12.3. The van der Waals surface area contributed by atoms with Gasteiger partial charge in [0.1, 0.15) is 11.3 Å². The zero-order valence-electron chi connectivity index (χ0n) is 11.3. The Morgan fingerprint density at radius 1 is 1.35 bits per heavy atom. The summed E-state index contributed by atoms with van der Waals surface area (Å²) in [5.41, 5.74) is 0.424. The minimum Gasteiger partial charge on any atom is -0.402 e. The molecule has 1 atom stereocenters. The number of hydrogen-bond acceptors (Lipinski definition) is 4. The van der Waals surface area contributed by atoms with Crippen molar-refractivity contribution in [2.45, 2.75) is 45.9 Å². The van der Waals surface area contributed by atoms with Gasteiger partial charge in [-0.25, -0.2) is 4.79 Å². The van der Waals surface area contributed by atoms with E-state index in [9.17, 15) is 9.59 Å². The smallest absolute Gasteiger partial charge is 0.264 e. The molecule has 5 heteroatoms. The first-order chi connectivity index (χ1) is 7.97. The van der Waals surface area contributed by atoms with Gasteiger partial charge in [-0.2, -0.15) is 0 Å². The fourth-order valence-corrected chi connectivity index (χ4v) is 4.61. The molecule has 0 saturated carbocycles. The predicted octanol–water partition coefficient (Wildman–Crippen LogP) is 1.91. The molecule has 4 nitrogen and oxygen atoms in total. The molecule has 0 heterocycles. The van der Waals surface area contributed by atoms with Gasteiger partial charge in [-0.05, 0) is 25.9 Å². The quantitative estimate of drug-likeness (QED) is 0.493. The molecule has 0 aromatic carbocycles. The van der Waals surface area contributed by atoms with Crippen LogP contribution in [0.4, 0.5) is 0 Å². The maximum absolute atomic E-state index is 11.7. The normalized spacial score (nSPS) is 13.0. The summed E-state index contributed by atoms with van der Waals surface area (Å²) >= 11 is 0. The van der Waals surface area contributed by atoms with Crippen LogP contribution in [0.3, 0.4) is 0 Å². The van der Waals surface area contributed by atoms with Crippen LogP contribution in [0.15, 0.2) is 5.57 Å². The molecule has 0 radical (unpaired) electrons. The van der Waals surface area contributed by atoms with E-state index in [0.29, 0.717) is 5.57 Å². The summed E-state index contributed by atoms with van der Waals surface area (Å²) in [5.74, 6) is 1.84. The molecule has 17 heavy (non-hydrogen) atoms. The number of rotatable bonds is 8. The van der Waals surface area contributed by atoms with E-state index in [1.807, 2.05) is 19.8 Å². The summed E-state index contributed by atoms with van der Waals surface area (Å²) in [6, 6.07) is 1.45. The molecular formula is C12H22O4Si. The van der Waals surface area contributed by atoms with Gasteiger partial charge in [0.25, 0.3) is 8.32 Å². The lowest BCUT2D eigenvalue weighted by molar-refractivity contribution is -0.112. The molecule has 0 aliphatic carbocycles. The maximum Gasteiger partial charge on any atom is 0.264 e. The summed E-state index contributed by atoms with van der Waals surface area (Å²) in [6.45, 7) is 7.47. The first kappa shape index (κ1) is 16.3. The van der Waals surface area contributed by atoms with E-state index in [2.05, 4.69) is 0 Å². The Morgan fingerprint density at radius 3 is 2.18 bits per heavy atom. The highest BCUT2D eigenvalue weighted by molar-refractivity contribution is 7.01. The first-order valence-electron chi connectivity index (χ1n) is 5.89. The highest BCUT2D eigenvalue weighted by Gasteiger charge is 2.39. The van der Waals surface area contributed by atoms with E-state index in [4.69, 9.17) is 9.16 Å². The van der Waals surface area contributed by atoms with Crippen molar-refractivity contribution in [2.75, 3.05) is 13.7 Å². The Bertz CT molecular complexity index is 304. The van der Waals surface area contributed by atoms with Gasteiger partial charge < -0.3 is 14.0 Å². The third-order valence-electron chi connectivity index (χ3n) is 3.11. The van der Waals surface area contributed by atoms with E-state index in [0.717, 1.165) is 12.1 Å². The van der Waals surface area contributed by atoms with Gasteiger partial charge >= 0.3 is 0 Å². The molecule has 0 rings (SSSR count). The number of ether oxygens (including phenoxy) is 1. The van der Waals surface area contributed by atoms with Crippen molar-refractivity contribution in [3.05, 3.63) is 5.57 Å². The molecular weight excluding hydrogens is 236 g/mol. The highest BCUT2D eigenvalue weighted by atomic mass is 28.4. The van der Waals surface area contributed by atoms with Gasteiger partial charge in [0, 0.05) is 7.11 Å². The molecule has 0 spiro atoms. The molecule has 1 unspecified atom stereocenters. The minimum atomic E-state index is -2.39. The Balaban J connectivity index is 4.89. The summed E-state index contributed by atoms with van der Waals surface area (Å²) in [4.78, 5) is 22.5. The monoisotopic (exact) mass is 258 g/mol. The fraction of sp³-hybridized carbons (Fsp3) is 0.750. The van der Waals surface area contributed by atoms with Crippen molar-refractivity contribution >= 4 is 19.7 Å². The van der Waals surface area contributed by atoms with Crippen LogP contribution in [0.2, 0.25) is 12.1 Å². The molecule has 0 aliphatic rings. The van der Waals surface area contributed by atoms with Crippen molar-refractivity contribution in [2.24, 2.45) is 0 Å². The SMILES string of the molecule is CC[Si](CC)(OC(C)C(=C=O)COC)C(C)=O. The van der Waals surface area contributed by atoms with Gasteiger partial charge in [-0.1, -0.05) is 13.8 Å². The van der Waals surface area contributed by atoms with Gasteiger partial charge in [0.2, 0.25) is 0 Å². The molecule has 0 fully saturated rings. The second kappa shape index (κ2) is 7.56. The van der Waals surface area contributed by atoms with Gasteiger partial charge in [0.15, 0.2) is 0 Å². The van der Waals surface area contributed by atoms with Gasteiger partial charge in [-0.15, -0.1) is 0 Å². The van der Waals surface area contributed by atoms with Crippen LogP contribution in [-0.4, -0.2) is 39.5 Å². The van der Waals surface area contributed by atoms with Crippen LogP contribution in [0, 0.1) is 0 Å². The summed E-state index contributed by atoms with van der Waals surface area (Å²) in [5, 5.41) is 0.122. The molecule has 0 aromatic heterocycles. The Labute approximate surface area is 104 Å². The number of hydrogen-bond donors (Lipinski definition) is 0. The number of methoxy groups -OCH3 is 1. The average molecular weight is 258 g/mol. The molecule has 0 amide bonds. The minimum absolute atomic E-state index is 0.122. The molecule has 0 aromatic rings. The van der Waals surface area contributed by atoms with Crippen LogP contribution in [0.5, 0.6) is 0 Å². The average Bonchev–Trinajstić information content (AvgIpc) is 2.32. The van der Waals surface area contributed by atoms with Crippen molar-refractivity contribution in [3.63, 3.8) is 0 Å². The van der Waals surface area contributed by atoms with Crippen molar-refractivity contribution in [1.82, 2.24) is 0 Å². The van der Waals surface area contributed by atoms with Crippen LogP contribution in [0.1, 0.15) is 27.7 Å². The van der Waals surface area contributed by atoms with E-state index in [-0.39, 0.29) is 12.0 Å². The fourth-order valence-electron chi connectivity index (χ4n) is 1.79. The lowest BCUT2D eigenvalue weighted by atomic mass is 10.2. The largest absolute Gasteiger partial charge is 0.402 e. The first-order valence-corrected chi connectivity index (χ1v) is 8.21. The second-order valence-corrected chi connectivity index (χ2v) is 8.42. The van der Waals surface area contributed by atoms with Gasteiger partial charge in [0.05, 0.1) is 18.3 Å². The van der Waals surface area contributed by atoms with E-state index >= 15 is 0 Å². The van der Waals surface area contributed by atoms with Crippen LogP contribution >= 0.6 is 0 Å². The van der Waals surface area contributed by atoms with E-state index < -0.39 is 14.4 Å².